The van der Waals surface area contributed by atoms with Gasteiger partial charge in [0.2, 0.25) is 5.82 Å². The fourth-order valence-corrected chi connectivity index (χ4v) is 3.86. The van der Waals surface area contributed by atoms with Crippen LogP contribution in [0.4, 0.5) is 37.7 Å². The van der Waals surface area contributed by atoms with E-state index in [4.69, 9.17) is 0 Å². The summed E-state index contributed by atoms with van der Waals surface area (Å²) in [5.74, 6) is -11.6. The molecule has 1 heterocycles. The second kappa shape index (κ2) is 9.67. The number of ketones is 1. The summed E-state index contributed by atoms with van der Waals surface area (Å²) in [6.45, 7) is 0. The van der Waals surface area contributed by atoms with Crippen LogP contribution in [0.1, 0.15) is 15.9 Å². The fourth-order valence-electron chi connectivity index (χ4n) is 3.86. The molecule has 5 rings (SSSR count). The first-order valence-corrected chi connectivity index (χ1v) is 11.0. The third-order valence-electron chi connectivity index (χ3n) is 5.85. The number of benzene rings is 4. The third kappa shape index (κ3) is 4.48. The van der Waals surface area contributed by atoms with Crippen LogP contribution in [-0.4, -0.2) is 15.8 Å². The van der Waals surface area contributed by atoms with Gasteiger partial charge in [0, 0.05) is 23.2 Å². The monoisotopic (exact) mass is 526 g/mol. The van der Waals surface area contributed by atoms with Crippen LogP contribution < -0.4 is 5.06 Å². The topological polar surface area (TPSA) is 72.1 Å². The van der Waals surface area contributed by atoms with E-state index in [0.717, 1.165) is 12.1 Å². The van der Waals surface area contributed by atoms with E-state index in [0.29, 0.717) is 33.5 Å². The summed E-state index contributed by atoms with van der Waals surface area (Å²) >= 11 is 0. The molecule has 5 aromatic rings. The Labute approximate surface area is 210 Å². The van der Waals surface area contributed by atoms with Crippen LogP contribution in [0.5, 0.6) is 0 Å². The Hall–Kier alpha value is -4.64. The summed E-state index contributed by atoms with van der Waals surface area (Å²) in [7, 11) is 0. The van der Waals surface area contributed by atoms with Gasteiger partial charge in [-0.05, 0) is 60.2 Å². The number of imidazole rings is 1. The van der Waals surface area contributed by atoms with Gasteiger partial charge in [0.1, 0.15) is 17.3 Å². The maximum absolute atomic E-state index is 14.0. The van der Waals surface area contributed by atoms with Gasteiger partial charge in [-0.3, -0.25) is 4.79 Å². The van der Waals surface area contributed by atoms with E-state index in [1.54, 1.807) is 18.2 Å². The van der Waals surface area contributed by atoms with E-state index in [2.05, 4.69) is 9.97 Å². The average molecular weight is 526 g/mol. The molecule has 38 heavy (non-hydrogen) atoms. The van der Waals surface area contributed by atoms with Crippen molar-refractivity contribution in [2.75, 3.05) is 5.06 Å². The molecule has 11 heteroatoms. The molecule has 0 saturated carbocycles. The molecule has 0 atom stereocenters. The van der Waals surface area contributed by atoms with Crippen LogP contribution in [0.15, 0.2) is 66.7 Å². The number of fused-ring (bicyclic) bond motifs is 1. The fraction of sp³-hybridized carbons (Fsp3) is 0.0370. The van der Waals surface area contributed by atoms with E-state index in [-0.39, 0.29) is 17.9 Å². The van der Waals surface area contributed by atoms with E-state index in [1.807, 2.05) is 0 Å². The molecule has 0 spiro atoms. The molecule has 0 aliphatic heterocycles. The van der Waals surface area contributed by atoms with Crippen molar-refractivity contribution in [1.82, 2.24) is 9.97 Å². The molecule has 5 nitrogen and oxygen atoms in total. The molecule has 192 valence electrons. The van der Waals surface area contributed by atoms with Gasteiger partial charge in [0.15, 0.2) is 29.1 Å². The number of carbonyl (C=O) groups is 1. The Kier molecular flexibility index (Phi) is 6.37. The highest BCUT2D eigenvalue weighted by Crippen LogP contribution is 2.35. The molecule has 0 amide bonds. The Morgan fingerprint density at radius 3 is 2.03 bits per heavy atom. The van der Waals surface area contributed by atoms with E-state index < -0.39 is 45.7 Å². The van der Waals surface area contributed by atoms with Crippen molar-refractivity contribution in [3.8, 4) is 11.4 Å². The number of H-pyrrole nitrogens is 1. The minimum atomic E-state index is -2.36. The summed E-state index contributed by atoms with van der Waals surface area (Å²) in [5, 5.41) is 12.1. The van der Waals surface area contributed by atoms with Crippen molar-refractivity contribution in [3.63, 3.8) is 0 Å². The lowest BCUT2D eigenvalue weighted by Crippen LogP contribution is -2.15. The number of hydrogen-bond acceptors (Lipinski definition) is 4. The van der Waals surface area contributed by atoms with Crippen LogP contribution in [0, 0.1) is 40.1 Å². The number of hydrogen-bond donors (Lipinski definition) is 1. The largest absolute Gasteiger partial charge is 0.754 e. The van der Waals surface area contributed by atoms with Crippen LogP contribution in [0.25, 0.3) is 22.4 Å². The van der Waals surface area contributed by atoms with Crippen LogP contribution >= 0.6 is 0 Å². The number of nitrogens with zero attached hydrogens (tertiary/aromatic N) is 2. The molecule has 0 fully saturated rings. The van der Waals surface area contributed by atoms with Crippen LogP contribution in [0.3, 0.4) is 0 Å². The normalized spacial score (nSPS) is 11.2. The molecule has 0 unspecified atom stereocenters. The minimum Gasteiger partial charge on any atom is -0.754 e. The Morgan fingerprint density at radius 1 is 0.789 bits per heavy atom. The van der Waals surface area contributed by atoms with E-state index >= 15 is 0 Å². The number of aromatic nitrogens is 2. The first-order chi connectivity index (χ1) is 18.1. The predicted octanol–water partition coefficient (Wildman–Crippen LogP) is 7.13. The maximum atomic E-state index is 14.0. The number of Topliss-reactive ketones (excluding diaryl/α,β-unsaturated/α-hetero) is 1. The first kappa shape index (κ1) is 25.0. The second-order valence-corrected chi connectivity index (χ2v) is 8.30. The van der Waals surface area contributed by atoms with E-state index in [9.17, 15) is 36.3 Å². The third-order valence-corrected chi connectivity index (χ3v) is 5.85. The summed E-state index contributed by atoms with van der Waals surface area (Å²) in [5.41, 5.74) is 0.528. The molecule has 0 radical (unpaired) electrons. The molecule has 1 aromatic heterocycles. The highest BCUT2D eigenvalue weighted by molar-refractivity contribution is 6.00. The van der Waals surface area contributed by atoms with Crippen molar-refractivity contribution in [1.29, 1.82) is 0 Å². The molecule has 0 bridgehead atoms. The molecule has 0 aliphatic rings. The zero-order valence-electron chi connectivity index (χ0n) is 19.0. The number of nitrogens with one attached hydrogen (secondary N) is 1. The first-order valence-electron chi connectivity index (χ1n) is 11.0. The van der Waals surface area contributed by atoms with Crippen molar-refractivity contribution in [2.45, 2.75) is 6.42 Å². The number of rotatable bonds is 6. The summed E-state index contributed by atoms with van der Waals surface area (Å²) < 4.78 is 81.4. The lowest BCUT2D eigenvalue weighted by atomic mass is 10.0. The quantitative estimate of drug-likeness (QED) is 0.0841. The lowest BCUT2D eigenvalue weighted by Gasteiger charge is -2.31. The number of anilines is 2. The van der Waals surface area contributed by atoms with Crippen LogP contribution in [0.2, 0.25) is 0 Å². The van der Waals surface area contributed by atoms with Gasteiger partial charge in [-0.15, -0.1) is 0 Å². The van der Waals surface area contributed by atoms with Gasteiger partial charge in [-0.2, -0.15) is 0 Å². The molecule has 0 saturated heterocycles. The van der Waals surface area contributed by atoms with E-state index in [1.165, 1.54) is 36.4 Å². The highest BCUT2D eigenvalue weighted by Gasteiger charge is 2.27. The highest BCUT2D eigenvalue weighted by atomic mass is 19.2. The van der Waals surface area contributed by atoms with Crippen LogP contribution in [-0.2, 0) is 6.42 Å². The van der Waals surface area contributed by atoms with Gasteiger partial charge in [-0.25, -0.2) is 31.3 Å². The summed E-state index contributed by atoms with van der Waals surface area (Å²) in [6.07, 6.45) is 0.0724. The molecule has 1 N–H and O–H groups in total. The van der Waals surface area contributed by atoms with Crippen molar-refractivity contribution < 1.29 is 31.1 Å². The van der Waals surface area contributed by atoms with Crippen molar-refractivity contribution in [2.24, 2.45) is 0 Å². The number of aromatic amines is 1. The van der Waals surface area contributed by atoms with Gasteiger partial charge < -0.3 is 15.3 Å². The number of halogens is 6. The van der Waals surface area contributed by atoms with Crippen molar-refractivity contribution in [3.05, 3.63) is 118 Å². The second-order valence-electron chi connectivity index (χ2n) is 8.30. The number of carbonyl (C=O) groups excluding carboxylic acids is 1. The Balaban J connectivity index is 1.39. The molecule has 4 aromatic carbocycles. The maximum Gasteiger partial charge on any atom is 0.200 e. The Bertz CT molecular complexity index is 1660. The predicted molar refractivity (Wildman–Crippen MR) is 128 cm³/mol. The lowest BCUT2D eigenvalue weighted by molar-refractivity contribution is 0.0993. The van der Waals surface area contributed by atoms with Gasteiger partial charge in [-0.1, -0.05) is 12.1 Å². The SMILES string of the molecule is O=C(Cc1ccc(F)cc1)c1ccc2nc(-c3ccc(N([O-])c4c(F)c(F)c(F)c(F)c4F)cc3)[nH]c2c1. The minimum absolute atomic E-state index is 0.0724. The Morgan fingerprint density at radius 2 is 1.39 bits per heavy atom. The average Bonchev–Trinajstić information content (AvgIpc) is 3.36. The smallest absolute Gasteiger partial charge is 0.200 e. The molecule has 0 aliphatic carbocycles. The molecular formula is C27H14F6N3O2-. The summed E-state index contributed by atoms with van der Waals surface area (Å²) in [4.78, 5) is 20.1. The van der Waals surface area contributed by atoms with Gasteiger partial charge in [0.05, 0.1) is 11.0 Å². The van der Waals surface area contributed by atoms with Gasteiger partial charge >= 0.3 is 0 Å². The van der Waals surface area contributed by atoms with Crippen molar-refractivity contribution >= 4 is 28.2 Å². The van der Waals surface area contributed by atoms with Gasteiger partial charge in [0.25, 0.3) is 0 Å². The summed E-state index contributed by atoms with van der Waals surface area (Å²) in [6, 6.07) is 15.4. The standard InChI is InChI=1S/C27H14F6N3O2/c28-16-6-1-13(2-7-16)11-20(37)15-5-10-18-19(12-15)35-27(34-18)14-3-8-17(9-4-14)36(38)26-24(32)22(30)21(29)23(31)25(26)33/h1-10,12H,11H2,(H,34,35)/q-1. The molecular weight excluding hydrogens is 512 g/mol. The zero-order valence-corrected chi connectivity index (χ0v) is 19.0. The zero-order chi connectivity index (χ0) is 27.1.